The molecule has 0 amide bonds. The Hall–Kier alpha value is -10.3. The quantitative estimate of drug-likeness (QED) is 0.140. The monoisotopic (exact) mass is 1140 g/mol. The molecule has 0 saturated heterocycles. The lowest BCUT2D eigenvalue weighted by atomic mass is 9.83. The topological polar surface area (TPSA) is 6.48 Å². The summed E-state index contributed by atoms with van der Waals surface area (Å²) in [4.78, 5) is 5.33. The van der Waals surface area contributed by atoms with Gasteiger partial charge in [0, 0.05) is 33.0 Å². The summed E-state index contributed by atoms with van der Waals surface area (Å²) in [7, 11) is 0. The van der Waals surface area contributed by atoms with Crippen LogP contribution in [0.4, 0.5) is 34.1 Å². The number of aryl methyl sites for hydroxylation is 5. The zero-order chi connectivity index (χ0) is 60.5. The van der Waals surface area contributed by atoms with Crippen LogP contribution in [-0.2, 0) is 0 Å². The highest BCUT2D eigenvalue weighted by molar-refractivity contribution is 6.30. The molecular weight excluding hydrogens is 1070 g/mol. The second-order valence-electron chi connectivity index (χ2n) is 25.8. The van der Waals surface area contributed by atoms with Crippen LogP contribution in [0.5, 0.6) is 0 Å². The largest absolute Gasteiger partial charge is 0.309 e. The average Bonchev–Trinajstić information content (AvgIpc) is 1.75. The lowest BCUT2D eigenvalue weighted by Crippen LogP contribution is -2.14. The highest BCUT2D eigenvalue weighted by atomic mass is 15.2. The van der Waals surface area contributed by atoms with Crippen molar-refractivity contribution in [1.29, 1.82) is 0 Å². The minimum Gasteiger partial charge on any atom is -0.309 e. The highest BCUT2D eigenvalue weighted by Gasteiger charge is 2.34. The maximum atomic E-state index is 2.67. The Labute approximate surface area is 524 Å². The molecule has 2 nitrogen and oxygen atoms in total. The Morgan fingerprint density at radius 1 is 0.225 bits per heavy atom. The van der Waals surface area contributed by atoms with E-state index in [1.54, 1.807) is 0 Å². The molecule has 0 atom stereocenters. The van der Waals surface area contributed by atoms with Gasteiger partial charge in [0.2, 0.25) is 0 Å². The van der Waals surface area contributed by atoms with Crippen LogP contribution >= 0.6 is 0 Å². The molecule has 0 fully saturated rings. The van der Waals surface area contributed by atoms with Gasteiger partial charge in [0.25, 0.3) is 0 Å². The van der Waals surface area contributed by atoms with Crippen LogP contribution in [0, 0.1) is 34.6 Å². The third kappa shape index (κ3) is 8.52. The van der Waals surface area contributed by atoms with E-state index in [-0.39, 0.29) is 11.8 Å². The van der Waals surface area contributed by atoms with Crippen LogP contribution in [0.1, 0.15) is 78.5 Å². The van der Waals surface area contributed by atoms with E-state index in [2.05, 4.69) is 321 Å². The first-order chi connectivity index (χ1) is 43.4. The van der Waals surface area contributed by atoms with Crippen molar-refractivity contribution in [2.45, 2.75) is 74.1 Å². The Balaban J connectivity index is 1.05. The van der Waals surface area contributed by atoms with Gasteiger partial charge in [0.1, 0.15) is 0 Å². The summed E-state index contributed by atoms with van der Waals surface area (Å²) in [5.41, 5.74) is 35.5. The predicted octanol–water partition coefficient (Wildman–Crippen LogP) is 25.3. The molecule has 2 aliphatic rings. The molecule has 0 aromatic heterocycles. The molecule has 2 heteroatoms. The van der Waals surface area contributed by atoms with Crippen LogP contribution in [0.2, 0.25) is 0 Å². The number of hydrogen-bond donors (Lipinski definition) is 0. The van der Waals surface area contributed by atoms with Crippen molar-refractivity contribution in [2.75, 3.05) is 9.80 Å². The van der Waals surface area contributed by atoms with E-state index in [1.807, 2.05) is 0 Å². The molecule has 2 heterocycles. The van der Waals surface area contributed by atoms with Gasteiger partial charge in [-0.1, -0.05) is 240 Å². The smallest absolute Gasteiger partial charge is 0.0546 e. The number of benzene rings is 14. The Morgan fingerprint density at radius 3 is 0.955 bits per heavy atom. The highest BCUT2D eigenvalue weighted by Crippen LogP contribution is 2.59. The molecule has 428 valence electrons. The third-order valence-electron chi connectivity index (χ3n) is 19.7. The molecule has 0 N–H and O–H groups in total. The fourth-order valence-electron chi connectivity index (χ4n) is 15.5. The van der Waals surface area contributed by atoms with E-state index in [1.165, 1.54) is 172 Å². The van der Waals surface area contributed by atoms with Crippen LogP contribution in [0.25, 0.3) is 121 Å². The molecule has 0 unspecified atom stereocenters. The van der Waals surface area contributed by atoms with Crippen molar-refractivity contribution in [3.8, 4) is 89.0 Å². The van der Waals surface area contributed by atoms with Crippen LogP contribution in [0.15, 0.2) is 249 Å². The Kier molecular flexibility index (Phi) is 12.8. The number of fused-ring (bicyclic) bond motifs is 10. The molecule has 0 saturated carbocycles. The predicted molar refractivity (Wildman–Crippen MR) is 382 cm³/mol. The number of anilines is 6. The van der Waals surface area contributed by atoms with Crippen LogP contribution < -0.4 is 9.80 Å². The van der Waals surface area contributed by atoms with Crippen molar-refractivity contribution in [2.24, 2.45) is 0 Å². The van der Waals surface area contributed by atoms with E-state index in [4.69, 9.17) is 0 Å². The van der Waals surface area contributed by atoms with E-state index in [0.717, 1.165) is 22.7 Å². The molecule has 0 radical (unpaired) electrons. The van der Waals surface area contributed by atoms with Gasteiger partial charge in [-0.2, -0.15) is 0 Å². The first-order valence-electron chi connectivity index (χ1n) is 31.8. The molecule has 0 bridgehead atoms. The van der Waals surface area contributed by atoms with Gasteiger partial charge >= 0.3 is 0 Å². The summed E-state index contributed by atoms with van der Waals surface area (Å²) >= 11 is 0. The lowest BCUT2D eigenvalue weighted by molar-refractivity contribution is 0.875. The van der Waals surface area contributed by atoms with Crippen molar-refractivity contribution >= 4 is 66.4 Å². The molecular formula is C87H70N2. The zero-order valence-corrected chi connectivity index (χ0v) is 52.2. The van der Waals surface area contributed by atoms with E-state index in [0.29, 0.717) is 0 Å². The van der Waals surface area contributed by atoms with Crippen molar-refractivity contribution in [3.05, 3.63) is 288 Å². The molecule has 2 aliphatic heterocycles. The average molecular weight is 1140 g/mol. The van der Waals surface area contributed by atoms with Gasteiger partial charge in [-0.15, -0.1) is 0 Å². The second kappa shape index (κ2) is 21.0. The lowest BCUT2D eigenvalue weighted by Gasteiger charge is -2.33. The van der Waals surface area contributed by atoms with Crippen LogP contribution in [0.3, 0.4) is 0 Å². The summed E-state index contributed by atoms with van der Waals surface area (Å²) < 4.78 is 0. The number of rotatable bonds is 8. The van der Waals surface area contributed by atoms with Gasteiger partial charge in [-0.05, 0) is 210 Å². The molecule has 14 aromatic carbocycles. The van der Waals surface area contributed by atoms with Gasteiger partial charge in [0.05, 0.1) is 34.1 Å². The van der Waals surface area contributed by atoms with Gasteiger partial charge in [-0.25, -0.2) is 0 Å². The van der Waals surface area contributed by atoms with Gasteiger partial charge in [-0.3, -0.25) is 0 Å². The fourth-order valence-corrected chi connectivity index (χ4v) is 15.5. The van der Waals surface area contributed by atoms with E-state index < -0.39 is 0 Å². The summed E-state index contributed by atoms with van der Waals surface area (Å²) in [6, 6.07) is 95.3. The van der Waals surface area contributed by atoms with Crippen molar-refractivity contribution in [1.82, 2.24) is 0 Å². The summed E-state index contributed by atoms with van der Waals surface area (Å²) in [6.07, 6.45) is 0. The number of hydrogen-bond acceptors (Lipinski definition) is 2. The van der Waals surface area contributed by atoms with Crippen LogP contribution in [-0.4, -0.2) is 0 Å². The minimum atomic E-state index is 0.201. The Bertz CT molecular complexity index is 5170. The Morgan fingerprint density at radius 2 is 0.551 bits per heavy atom. The fraction of sp³-hybridized carbons (Fsp3) is 0.126. The summed E-state index contributed by atoms with van der Waals surface area (Å²) in [5.74, 6) is 0.403. The van der Waals surface area contributed by atoms with E-state index >= 15 is 0 Å². The molecule has 0 aliphatic carbocycles. The SMILES string of the molecule is Cc1ccccc1-c1ccc2c(c1)N(c1cc(C(C)C)c3ccc4c(N5c6cc(-c7ccccc7)ccc6-c6ccccc6-c6ccc(-c7c(C)cccc7C)cc65)cc(C(C)C)c5ccc1c3c54)c1cc(-c3c(C)cccc3C)ccc1-c1ccccc1-2. The molecule has 89 heavy (non-hydrogen) atoms. The second-order valence-corrected chi connectivity index (χ2v) is 25.8. The number of nitrogens with zero attached hydrogens (tertiary/aromatic N) is 2. The van der Waals surface area contributed by atoms with E-state index in [9.17, 15) is 0 Å². The molecule has 14 aromatic rings. The standard InChI is InChI=1S/C87H70N2/c1-51(2)76-49-82(88-78-45-59(58-26-11-10-12-27-58)33-37-68(78)64-29-15-17-31-66(64)70-39-35-61(47-80(70)88)84-54(6)22-19-23-55(84)7)74-43-41-73-77(52(3)4)50-83(75-44-42-72(76)86(74)87(73)75)89-79-46-60(63-28-14-13-21-53(63)5)34-38-69(79)65-30-16-18-32-67(65)71-40-36-62(48-81(71)89)85-56(8)24-20-25-57(85)9/h10-52H,1-9H3. The van der Waals surface area contributed by atoms with Gasteiger partial charge in [0.15, 0.2) is 0 Å². The first kappa shape index (κ1) is 54.1. The summed E-state index contributed by atoms with van der Waals surface area (Å²) in [6.45, 7) is 20.8. The normalized spacial score (nSPS) is 12.5. The maximum Gasteiger partial charge on any atom is 0.0546 e. The first-order valence-corrected chi connectivity index (χ1v) is 31.8. The maximum absolute atomic E-state index is 2.67. The van der Waals surface area contributed by atoms with Crippen molar-refractivity contribution in [3.63, 3.8) is 0 Å². The molecule has 16 rings (SSSR count). The summed E-state index contributed by atoms with van der Waals surface area (Å²) in [5, 5.41) is 7.65. The molecule has 0 spiro atoms. The third-order valence-corrected chi connectivity index (χ3v) is 19.7. The van der Waals surface area contributed by atoms with Crippen molar-refractivity contribution < 1.29 is 0 Å². The zero-order valence-electron chi connectivity index (χ0n) is 52.2. The van der Waals surface area contributed by atoms with Gasteiger partial charge < -0.3 is 9.80 Å². The minimum absolute atomic E-state index is 0.201.